The maximum absolute atomic E-state index is 6.09. The second-order valence-corrected chi connectivity index (χ2v) is 6.76. The molecular weight excluding hydrogens is 230 g/mol. The minimum Gasteiger partial charge on any atom is -0.379 e. The predicted molar refractivity (Wildman–Crippen MR) is 64.7 cm³/mol. The van der Waals surface area contributed by atoms with Gasteiger partial charge in [0.05, 0.1) is 23.0 Å². The molecule has 1 aliphatic heterocycles. The Labute approximate surface area is 99.4 Å². The zero-order valence-corrected chi connectivity index (χ0v) is 10.6. The molecule has 0 amide bonds. The molecular formula is C11H16ClNOS. The molecule has 0 bridgehead atoms. The van der Waals surface area contributed by atoms with E-state index in [0.717, 1.165) is 24.0 Å². The first-order valence-corrected chi connectivity index (χ1v) is 6.23. The summed E-state index contributed by atoms with van der Waals surface area (Å²) >= 11 is 7.61. The quantitative estimate of drug-likeness (QED) is 0.889. The van der Waals surface area contributed by atoms with E-state index in [-0.39, 0.29) is 11.0 Å². The Bertz CT molecular complexity index is 352. The van der Waals surface area contributed by atoms with Crippen LogP contribution in [0.2, 0.25) is 4.34 Å². The highest BCUT2D eigenvalue weighted by Gasteiger charge is 2.44. The van der Waals surface area contributed by atoms with Crippen LogP contribution in [0.4, 0.5) is 0 Å². The first-order chi connectivity index (χ1) is 6.91. The molecule has 0 radical (unpaired) electrons. The zero-order valence-electron chi connectivity index (χ0n) is 9.05. The lowest BCUT2D eigenvalue weighted by molar-refractivity contribution is -0.0700. The Morgan fingerprint density at radius 2 is 2.20 bits per heavy atom. The van der Waals surface area contributed by atoms with Gasteiger partial charge in [-0.15, -0.1) is 11.3 Å². The SMILES string of the molecule is CC(C)(N)CC1(c2ccc(Cl)s2)COC1. The largest absolute Gasteiger partial charge is 0.379 e. The van der Waals surface area contributed by atoms with Crippen LogP contribution in [0.15, 0.2) is 12.1 Å². The average Bonchev–Trinajstić information content (AvgIpc) is 2.42. The molecule has 1 aromatic rings. The van der Waals surface area contributed by atoms with E-state index in [1.165, 1.54) is 4.88 Å². The fraction of sp³-hybridized carbons (Fsp3) is 0.636. The molecule has 1 saturated heterocycles. The van der Waals surface area contributed by atoms with E-state index in [4.69, 9.17) is 22.1 Å². The van der Waals surface area contributed by atoms with Crippen LogP contribution in [0.25, 0.3) is 0 Å². The van der Waals surface area contributed by atoms with Crippen molar-refractivity contribution < 1.29 is 4.74 Å². The molecule has 0 aromatic carbocycles. The molecule has 0 spiro atoms. The lowest BCUT2D eigenvalue weighted by atomic mass is 9.74. The topological polar surface area (TPSA) is 35.2 Å². The zero-order chi connectivity index (χ0) is 11.1. The summed E-state index contributed by atoms with van der Waals surface area (Å²) in [5.74, 6) is 0. The van der Waals surface area contributed by atoms with Crippen LogP contribution in [-0.2, 0) is 10.2 Å². The molecule has 2 nitrogen and oxygen atoms in total. The van der Waals surface area contributed by atoms with Crippen molar-refractivity contribution in [3.8, 4) is 0 Å². The molecule has 1 aromatic heterocycles. The van der Waals surface area contributed by atoms with Crippen molar-refractivity contribution in [2.45, 2.75) is 31.2 Å². The van der Waals surface area contributed by atoms with Crippen molar-refractivity contribution in [2.75, 3.05) is 13.2 Å². The Morgan fingerprint density at radius 3 is 2.53 bits per heavy atom. The number of thiophene rings is 1. The van der Waals surface area contributed by atoms with Gasteiger partial charge < -0.3 is 10.5 Å². The number of hydrogen-bond acceptors (Lipinski definition) is 3. The normalized spacial score (nSPS) is 20.0. The summed E-state index contributed by atoms with van der Waals surface area (Å²) in [5.41, 5.74) is 6.03. The van der Waals surface area contributed by atoms with Crippen LogP contribution in [0.1, 0.15) is 25.1 Å². The molecule has 84 valence electrons. The van der Waals surface area contributed by atoms with Gasteiger partial charge in [-0.3, -0.25) is 0 Å². The van der Waals surface area contributed by atoms with Gasteiger partial charge in [-0.05, 0) is 32.4 Å². The number of nitrogens with two attached hydrogens (primary N) is 1. The fourth-order valence-electron chi connectivity index (χ4n) is 2.15. The summed E-state index contributed by atoms with van der Waals surface area (Å²) in [6, 6.07) is 4.05. The Kier molecular flexibility index (Phi) is 2.84. The van der Waals surface area contributed by atoms with Gasteiger partial charge in [-0.1, -0.05) is 11.6 Å². The van der Waals surface area contributed by atoms with Crippen molar-refractivity contribution in [1.82, 2.24) is 0 Å². The first kappa shape index (κ1) is 11.4. The monoisotopic (exact) mass is 245 g/mol. The number of halogens is 1. The second kappa shape index (κ2) is 3.74. The predicted octanol–water partition coefficient (Wildman–Crippen LogP) is 2.80. The van der Waals surface area contributed by atoms with Crippen molar-refractivity contribution in [2.24, 2.45) is 5.73 Å². The molecule has 2 rings (SSSR count). The molecule has 2 heterocycles. The number of rotatable bonds is 3. The smallest absolute Gasteiger partial charge is 0.0931 e. The molecule has 0 saturated carbocycles. The lowest BCUT2D eigenvalue weighted by Crippen LogP contribution is -2.52. The summed E-state index contributed by atoms with van der Waals surface area (Å²) < 4.78 is 6.19. The van der Waals surface area contributed by atoms with Crippen LogP contribution in [0.5, 0.6) is 0 Å². The summed E-state index contributed by atoms with van der Waals surface area (Å²) in [7, 11) is 0. The first-order valence-electron chi connectivity index (χ1n) is 5.04. The van der Waals surface area contributed by atoms with Crippen LogP contribution < -0.4 is 5.73 Å². The van der Waals surface area contributed by atoms with E-state index in [9.17, 15) is 0 Å². The maximum Gasteiger partial charge on any atom is 0.0931 e. The van der Waals surface area contributed by atoms with Crippen molar-refractivity contribution in [3.63, 3.8) is 0 Å². The van der Waals surface area contributed by atoms with E-state index < -0.39 is 0 Å². The molecule has 15 heavy (non-hydrogen) atoms. The Morgan fingerprint density at radius 1 is 1.53 bits per heavy atom. The van der Waals surface area contributed by atoms with Gasteiger partial charge in [0.1, 0.15) is 0 Å². The Balaban J connectivity index is 2.22. The van der Waals surface area contributed by atoms with Crippen molar-refractivity contribution in [1.29, 1.82) is 0 Å². The lowest BCUT2D eigenvalue weighted by Gasteiger charge is -2.44. The van der Waals surface area contributed by atoms with Gasteiger partial charge in [-0.2, -0.15) is 0 Å². The molecule has 1 fully saturated rings. The van der Waals surface area contributed by atoms with E-state index in [1.54, 1.807) is 11.3 Å². The van der Waals surface area contributed by atoms with E-state index in [1.807, 2.05) is 6.07 Å². The average molecular weight is 246 g/mol. The Hall–Kier alpha value is -0.0900. The molecule has 0 unspecified atom stereocenters. The molecule has 0 atom stereocenters. The molecule has 0 aliphatic carbocycles. The standard InChI is InChI=1S/C11H16ClNOS/c1-10(2,13)5-11(6-14-7-11)8-3-4-9(12)15-8/h3-4H,5-7,13H2,1-2H3. The summed E-state index contributed by atoms with van der Waals surface area (Å²) in [6.45, 7) is 5.65. The van der Waals surface area contributed by atoms with Crippen LogP contribution in [0, 0.1) is 0 Å². The molecule has 1 aliphatic rings. The van der Waals surface area contributed by atoms with Crippen LogP contribution in [-0.4, -0.2) is 18.8 Å². The summed E-state index contributed by atoms with van der Waals surface area (Å²) in [4.78, 5) is 1.30. The third kappa shape index (κ3) is 2.36. The highest BCUT2D eigenvalue weighted by Crippen LogP contribution is 2.42. The van der Waals surface area contributed by atoms with E-state index >= 15 is 0 Å². The fourth-order valence-corrected chi connectivity index (χ4v) is 3.35. The highest BCUT2D eigenvalue weighted by molar-refractivity contribution is 7.16. The van der Waals surface area contributed by atoms with Gasteiger partial charge in [0.25, 0.3) is 0 Å². The van der Waals surface area contributed by atoms with Gasteiger partial charge in [-0.25, -0.2) is 0 Å². The van der Waals surface area contributed by atoms with Gasteiger partial charge >= 0.3 is 0 Å². The summed E-state index contributed by atoms with van der Waals surface area (Å²) in [6.07, 6.45) is 0.941. The second-order valence-electron chi connectivity index (χ2n) is 5.04. The highest BCUT2D eigenvalue weighted by atomic mass is 35.5. The summed E-state index contributed by atoms with van der Waals surface area (Å²) in [5, 5.41) is 0. The minimum atomic E-state index is -0.166. The minimum absolute atomic E-state index is 0.107. The van der Waals surface area contributed by atoms with Crippen molar-refractivity contribution >= 4 is 22.9 Å². The van der Waals surface area contributed by atoms with Crippen molar-refractivity contribution in [3.05, 3.63) is 21.3 Å². The van der Waals surface area contributed by atoms with Crippen LogP contribution >= 0.6 is 22.9 Å². The molecule has 2 N–H and O–H groups in total. The van der Waals surface area contributed by atoms with E-state index in [2.05, 4.69) is 19.9 Å². The van der Waals surface area contributed by atoms with Gasteiger partial charge in [0.15, 0.2) is 0 Å². The van der Waals surface area contributed by atoms with Crippen LogP contribution in [0.3, 0.4) is 0 Å². The molecule has 4 heteroatoms. The third-order valence-corrected chi connectivity index (χ3v) is 4.12. The van der Waals surface area contributed by atoms with Gasteiger partial charge in [0, 0.05) is 10.4 Å². The third-order valence-electron chi connectivity index (χ3n) is 2.65. The van der Waals surface area contributed by atoms with E-state index in [0.29, 0.717) is 0 Å². The number of ether oxygens (including phenoxy) is 1. The number of hydrogen-bond donors (Lipinski definition) is 1. The van der Waals surface area contributed by atoms with Gasteiger partial charge in [0.2, 0.25) is 0 Å². The maximum atomic E-state index is 6.09.